The van der Waals surface area contributed by atoms with Crippen molar-refractivity contribution in [2.45, 2.75) is 0 Å². The lowest BCUT2D eigenvalue weighted by Crippen LogP contribution is -2.01. The summed E-state index contributed by atoms with van der Waals surface area (Å²) >= 11 is 13.4. The third kappa shape index (κ3) is 2.49. The van der Waals surface area contributed by atoms with Crippen molar-refractivity contribution in [3.05, 3.63) is 28.0 Å². The van der Waals surface area contributed by atoms with Gasteiger partial charge in [0.1, 0.15) is 11.4 Å². The van der Waals surface area contributed by atoms with Crippen molar-refractivity contribution >= 4 is 49.6 Å². The Morgan fingerprint density at radius 1 is 1.23 bits per heavy atom. The minimum atomic E-state index is -0.744. The zero-order chi connectivity index (χ0) is 10.0. The first kappa shape index (κ1) is 10.6. The van der Waals surface area contributed by atoms with Gasteiger partial charge < -0.3 is 0 Å². The van der Waals surface area contributed by atoms with Crippen LogP contribution in [-0.4, -0.2) is 15.5 Å². The van der Waals surface area contributed by atoms with Gasteiger partial charge in [0.05, 0.1) is 0 Å². The standard InChI is InChI=1S/C7H2BrCl2NO2/c8-3-1-2-4(6(9)12)11-5(3)7(10)13/h1-2H. The fourth-order valence-corrected chi connectivity index (χ4v) is 1.45. The summed E-state index contributed by atoms with van der Waals surface area (Å²) in [6, 6.07) is 2.88. The van der Waals surface area contributed by atoms with E-state index in [4.69, 9.17) is 23.2 Å². The predicted octanol–water partition coefficient (Wildman–Crippen LogP) is 2.60. The van der Waals surface area contributed by atoms with Gasteiger partial charge in [-0.25, -0.2) is 4.98 Å². The molecule has 3 nitrogen and oxygen atoms in total. The second kappa shape index (κ2) is 4.17. The SMILES string of the molecule is O=C(Cl)c1ccc(Br)c(C(=O)Cl)n1. The first-order valence-electron chi connectivity index (χ1n) is 3.08. The van der Waals surface area contributed by atoms with E-state index in [9.17, 15) is 9.59 Å². The Kier molecular flexibility index (Phi) is 3.41. The van der Waals surface area contributed by atoms with Crippen molar-refractivity contribution in [2.24, 2.45) is 0 Å². The zero-order valence-corrected chi connectivity index (χ0v) is 9.15. The van der Waals surface area contributed by atoms with Crippen molar-refractivity contribution in [1.29, 1.82) is 0 Å². The van der Waals surface area contributed by atoms with Gasteiger partial charge in [-0.05, 0) is 51.3 Å². The summed E-state index contributed by atoms with van der Waals surface area (Å²) in [6.45, 7) is 0. The van der Waals surface area contributed by atoms with E-state index >= 15 is 0 Å². The van der Waals surface area contributed by atoms with Crippen molar-refractivity contribution in [3.8, 4) is 0 Å². The van der Waals surface area contributed by atoms with Gasteiger partial charge in [-0.2, -0.15) is 0 Å². The molecule has 0 unspecified atom stereocenters. The molecule has 0 radical (unpaired) electrons. The van der Waals surface area contributed by atoms with E-state index in [0.29, 0.717) is 4.47 Å². The van der Waals surface area contributed by atoms with E-state index in [1.165, 1.54) is 12.1 Å². The third-order valence-electron chi connectivity index (χ3n) is 1.23. The van der Waals surface area contributed by atoms with Gasteiger partial charge in [-0.15, -0.1) is 0 Å². The number of carbonyl (C=O) groups is 2. The lowest BCUT2D eigenvalue weighted by Gasteiger charge is -1.98. The normalized spacial score (nSPS) is 9.77. The van der Waals surface area contributed by atoms with Crippen LogP contribution >= 0.6 is 39.1 Å². The molecule has 0 saturated heterocycles. The van der Waals surface area contributed by atoms with Crippen LogP contribution < -0.4 is 0 Å². The average Bonchev–Trinajstić information content (AvgIpc) is 2.04. The Morgan fingerprint density at radius 3 is 2.31 bits per heavy atom. The molecule has 0 aliphatic rings. The van der Waals surface area contributed by atoms with Crippen LogP contribution in [0.4, 0.5) is 0 Å². The molecule has 1 rings (SSSR count). The highest BCUT2D eigenvalue weighted by Gasteiger charge is 2.12. The summed E-state index contributed by atoms with van der Waals surface area (Å²) in [5.41, 5.74) is -0.0259. The van der Waals surface area contributed by atoms with Crippen LogP contribution in [0.1, 0.15) is 21.0 Å². The van der Waals surface area contributed by atoms with Gasteiger partial charge in [0.15, 0.2) is 0 Å². The summed E-state index contributed by atoms with van der Waals surface area (Å²) < 4.78 is 0.425. The Morgan fingerprint density at radius 2 is 1.85 bits per heavy atom. The zero-order valence-electron chi connectivity index (χ0n) is 6.05. The number of aromatic nitrogens is 1. The van der Waals surface area contributed by atoms with E-state index in [2.05, 4.69) is 20.9 Å². The molecule has 13 heavy (non-hydrogen) atoms. The molecular formula is C7H2BrCl2NO2. The van der Waals surface area contributed by atoms with Gasteiger partial charge >= 0.3 is 0 Å². The first-order chi connectivity index (χ1) is 6.02. The number of pyridine rings is 1. The molecule has 0 amide bonds. The summed E-state index contributed by atoms with van der Waals surface area (Å²) in [5, 5.41) is -1.47. The molecule has 68 valence electrons. The maximum Gasteiger partial charge on any atom is 0.272 e. The molecular weight excluding hydrogens is 281 g/mol. The summed E-state index contributed by atoms with van der Waals surface area (Å²) in [5.74, 6) is 0. The molecule has 6 heteroatoms. The number of rotatable bonds is 2. The highest BCUT2D eigenvalue weighted by Crippen LogP contribution is 2.17. The summed E-state index contributed by atoms with van der Waals surface area (Å²) in [6.07, 6.45) is 0. The molecule has 1 aromatic rings. The van der Waals surface area contributed by atoms with E-state index < -0.39 is 10.5 Å². The summed E-state index contributed by atoms with van der Waals surface area (Å²) in [7, 11) is 0. The van der Waals surface area contributed by atoms with Crippen LogP contribution in [0.25, 0.3) is 0 Å². The van der Waals surface area contributed by atoms with Crippen LogP contribution in [0.3, 0.4) is 0 Å². The van der Waals surface area contributed by atoms with Gasteiger partial charge in [-0.3, -0.25) is 9.59 Å². The largest absolute Gasteiger partial charge is 0.274 e. The minimum absolute atomic E-state index is 0.00568. The molecule has 0 saturated carbocycles. The Bertz CT molecular complexity index is 381. The van der Waals surface area contributed by atoms with Gasteiger partial charge in [0.2, 0.25) is 0 Å². The third-order valence-corrected chi connectivity index (χ3v) is 2.25. The van der Waals surface area contributed by atoms with Crippen LogP contribution in [0, 0.1) is 0 Å². The van der Waals surface area contributed by atoms with Gasteiger partial charge in [0.25, 0.3) is 10.5 Å². The van der Waals surface area contributed by atoms with Crippen molar-refractivity contribution in [2.75, 3.05) is 0 Å². The number of hydrogen-bond acceptors (Lipinski definition) is 3. The molecule has 0 bridgehead atoms. The second-order valence-electron chi connectivity index (χ2n) is 2.07. The lowest BCUT2D eigenvalue weighted by molar-refractivity contribution is 0.107. The van der Waals surface area contributed by atoms with E-state index in [-0.39, 0.29) is 11.4 Å². The molecule has 0 fully saturated rings. The van der Waals surface area contributed by atoms with Crippen molar-refractivity contribution in [1.82, 2.24) is 4.98 Å². The highest BCUT2D eigenvalue weighted by molar-refractivity contribution is 9.10. The predicted molar refractivity (Wildman–Crippen MR) is 52.3 cm³/mol. The number of hydrogen-bond donors (Lipinski definition) is 0. The smallest absolute Gasteiger partial charge is 0.272 e. The molecule has 0 aromatic carbocycles. The van der Waals surface area contributed by atoms with Crippen molar-refractivity contribution < 1.29 is 9.59 Å². The minimum Gasteiger partial charge on any atom is -0.274 e. The van der Waals surface area contributed by atoms with Crippen LogP contribution in [-0.2, 0) is 0 Å². The molecule has 0 aliphatic carbocycles. The molecule has 0 N–H and O–H groups in total. The molecule has 0 spiro atoms. The molecule has 1 heterocycles. The Hall–Kier alpha value is -0.450. The Balaban J connectivity index is 3.27. The second-order valence-corrected chi connectivity index (χ2v) is 3.62. The average molecular weight is 283 g/mol. The van der Waals surface area contributed by atoms with Crippen LogP contribution in [0.15, 0.2) is 16.6 Å². The Labute approximate surface area is 92.2 Å². The van der Waals surface area contributed by atoms with E-state index in [1.807, 2.05) is 0 Å². The van der Waals surface area contributed by atoms with E-state index in [1.54, 1.807) is 0 Å². The highest BCUT2D eigenvalue weighted by atomic mass is 79.9. The van der Waals surface area contributed by atoms with Crippen molar-refractivity contribution in [3.63, 3.8) is 0 Å². The van der Waals surface area contributed by atoms with Crippen LogP contribution in [0.5, 0.6) is 0 Å². The number of carbonyl (C=O) groups excluding carboxylic acids is 2. The molecule has 0 aliphatic heterocycles. The molecule has 1 aromatic heterocycles. The topological polar surface area (TPSA) is 47.0 Å². The quantitative estimate of drug-likeness (QED) is 0.784. The first-order valence-corrected chi connectivity index (χ1v) is 4.63. The van der Waals surface area contributed by atoms with Gasteiger partial charge in [-0.1, -0.05) is 0 Å². The maximum atomic E-state index is 10.8. The van der Waals surface area contributed by atoms with Crippen LogP contribution in [0.2, 0.25) is 0 Å². The number of nitrogens with zero attached hydrogens (tertiary/aromatic N) is 1. The monoisotopic (exact) mass is 281 g/mol. The fraction of sp³-hybridized carbons (Fsp3) is 0. The van der Waals surface area contributed by atoms with E-state index in [0.717, 1.165) is 0 Å². The molecule has 0 atom stereocenters. The fourth-order valence-electron chi connectivity index (χ4n) is 0.689. The summed E-state index contributed by atoms with van der Waals surface area (Å²) in [4.78, 5) is 25.1. The van der Waals surface area contributed by atoms with Gasteiger partial charge in [0, 0.05) is 4.47 Å². The maximum absolute atomic E-state index is 10.8. The number of halogens is 3. The lowest BCUT2D eigenvalue weighted by atomic mass is 10.3.